The maximum atomic E-state index is 10.4. The van der Waals surface area contributed by atoms with E-state index in [9.17, 15) is 4.91 Å². The Labute approximate surface area is 97.0 Å². The van der Waals surface area contributed by atoms with Crippen molar-refractivity contribution >= 4 is 11.9 Å². The van der Waals surface area contributed by atoms with Gasteiger partial charge in [-0.15, -0.1) is 11.5 Å². The van der Waals surface area contributed by atoms with Crippen LogP contribution in [0.25, 0.3) is 0 Å². The zero-order valence-corrected chi connectivity index (χ0v) is 10.8. The first-order valence-electron chi connectivity index (χ1n) is 5.58. The Morgan fingerprint density at radius 3 is 2.27 bits per heavy atom. The van der Waals surface area contributed by atoms with Crippen LogP contribution in [0.4, 0.5) is 0 Å². The highest BCUT2D eigenvalue weighted by molar-refractivity contribution is 7.99. The molecule has 86 valence electrons. The summed E-state index contributed by atoms with van der Waals surface area (Å²) in [6.07, 6.45) is 6.34. The van der Waals surface area contributed by atoms with E-state index in [1.165, 1.54) is 12.8 Å². The van der Waals surface area contributed by atoms with Gasteiger partial charge in [0.15, 0.2) is 0 Å². The molecule has 0 aromatic rings. The number of nitrogens with zero attached hydrogens (tertiary/aromatic N) is 1. The van der Waals surface area contributed by atoms with Crippen LogP contribution in [0.2, 0.25) is 0 Å². The lowest BCUT2D eigenvalue weighted by Gasteiger charge is -2.40. The molecule has 0 aromatic carbocycles. The molecule has 0 saturated heterocycles. The van der Waals surface area contributed by atoms with Crippen molar-refractivity contribution < 1.29 is 0 Å². The Hall–Kier alpha value is -0.310. The molecule has 0 aromatic heterocycles. The van der Waals surface area contributed by atoms with E-state index in [0.29, 0.717) is 5.41 Å². The van der Waals surface area contributed by atoms with Crippen LogP contribution in [-0.2, 0) is 0 Å². The molecule has 1 aliphatic carbocycles. The monoisotopic (exact) mass is 227 g/mol. The van der Waals surface area contributed by atoms with Gasteiger partial charge in [0.05, 0.1) is 4.75 Å². The van der Waals surface area contributed by atoms with Gasteiger partial charge in [-0.3, -0.25) is 0 Å². The van der Waals surface area contributed by atoms with Crippen LogP contribution in [0.1, 0.15) is 46.5 Å². The van der Waals surface area contributed by atoms with Crippen LogP contribution in [0, 0.1) is 16.2 Å². The maximum absolute atomic E-state index is 10.4. The predicted molar refractivity (Wildman–Crippen MR) is 67.7 cm³/mol. The van der Waals surface area contributed by atoms with Gasteiger partial charge in [0.1, 0.15) is 0 Å². The van der Waals surface area contributed by atoms with Crippen LogP contribution >= 0.6 is 11.9 Å². The summed E-state index contributed by atoms with van der Waals surface area (Å²) >= 11 is 1.16. The SMILES string of the molecule is C=CC1(SN=O)CCC(C(C)(C)C)CC1. The molecular formula is C12H21NOS. The Balaban J connectivity index is 2.60. The molecule has 0 amide bonds. The fourth-order valence-electron chi connectivity index (χ4n) is 2.38. The summed E-state index contributed by atoms with van der Waals surface area (Å²) in [6.45, 7) is 10.7. The van der Waals surface area contributed by atoms with E-state index in [-0.39, 0.29) is 4.75 Å². The molecule has 15 heavy (non-hydrogen) atoms. The topological polar surface area (TPSA) is 29.4 Å². The molecule has 0 N–H and O–H groups in total. The summed E-state index contributed by atoms with van der Waals surface area (Å²) in [7, 11) is 0. The van der Waals surface area contributed by atoms with Crippen molar-refractivity contribution in [1.29, 1.82) is 0 Å². The molecule has 1 fully saturated rings. The van der Waals surface area contributed by atoms with Gasteiger partial charge in [-0.05, 0) is 37.0 Å². The zero-order chi connectivity index (χ0) is 11.5. The van der Waals surface area contributed by atoms with Crippen molar-refractivity contribution in [3.05, 3.63) is 17.6 Å². The first-order valence-corrected chi connectivity index (χ1v) is 6.35. The molecule has 0 bridgehead atoms. The summed E-state index contributed by atoms with van der Waals surface area (Å²) in [5.74, 6) is 0.762. The minimum Gasteiger partial charge on any atom is -0.137 e. The summed E-state index contributed by atoms with van der Waals surface area (Å²) in [5.41, 5.74) is 0.382. The number of hydrogen-bond donors (Lipinski definition) is 0. The van der Waals surface area contributed by atoms with Crippen molar-refractivity contribution in [3.63, 3.8) is 0 Å². The Morgan fingerprint density at radius 1 is 1.40 bits per heavy atom. The predicted octanol–water partition coefficient (Wildman–Crippen LogP) is 4.56. The van der Waals surface area contributed by atoms with E-state index in [1.54, 1.807) is 0 Å². The molecule has 0 unspecified atom stereocenters. The van der Waals surface area contributed by atoms with E-state index >= 15 is 0 Å². The van der Waals surface area contributed by atoms with Gasteiger partial charge >= 0.3 is 0 Å². The summed E-state index contributed by atoms with van der Waals surface area (Å²) in [5, 5.41) is 0. The molecular weight excluding hydrogens is 206 g/mol. The molecule has 2 nitrogen and oxygen atoms in total. The molecule has 1 saturated carbocycles. The van der Waals surface area contributed by atoms with Gasteiger partial charge in [0, 0.05) is 16.5 Å². The van der Waals surface area contributed by atoms with E-state index in [1.807, 2.05) is 6.08 Å². The van der Waals surface area contributed by atoms with Crippen molar-refractivity contribution in [2.75, 3.05) is 0 Å². The third kappa shape index (κ3) is 3.07. The lowest BCUT2D eigenvalue weighted by molar-refractivity contribution is 0.171. The number of nitroso groups, excluding NO2 is 1. The highest BCUT2D eigenvalue weighted by atomic mass is 32.2. The minimum absolute atomic E-state index is 0.0799. The van der Waals surface area contributed by atoms with E-state index in [4.69, 9.17) is 0 Å². The van der Waals surface area contributed by atoms with Crippen LogP contribution in [0.3, 0.4) is 0 Å². The standard InChI is InChI=1S/C12H21NOS/c1-5-12(15-13-14)8-6-10(7-9-12)11(2,3)4/h5,10H,1,6-9H2,2-4H3. The zero-order valence-electron chi connectivity index (χ0n) is 9.95. The van der Waals surface area contributed by atoms with E-state index in [2.05, 4.69) is 31.9 Å². The minimum atomic E-state index is -0.0799. The van der Waals surface area contributed by atoms with Crippen LogP contribution in [0.5, 0.6) is 0 Å². The second-order valence-electron chi connectivity index (χ2n) is 5.58. The van der Waals surface area contributed by atoms with Crippen molar-refractivity contribution in [3.8, 4) is 0 Å². The maximum Gasteiger partial charge on any atom is 0.0589 e. The van der Waals surface area contributed by atoms with Gasteiger partial charge < -0.3 is 0 Å². The van der Waals surface area contributed by atoms with Gasteiger partial charge in [-0.25, -0.2) is 0 Å². The van der Waals surface area contributed by atoms with Crippen LogP contribution in [0.15, 0.2) is 17.2 Å². The molecule has 0 spiro atoms. The van der Waals surface area contributed by atoms with E-state index < -0.39 is 0 Å². The fourth-order valence-corrected chi connectivity index (χ4v) is 3.02. The van der Waals surface area contributed by atoms with Crippen molar-refractivity contribution in [2.24, 2.45) is 15.9 Å². The quantitative estimate of drug-likeness (QED) is 0.402. The second kappa shape index (κ2) is 4.69. The highest BCUT2D eigenvalue weighted by Crippen LogP contribution is 2.47. The van der Waals surface area contributed by atoms with Gasteiger partial charge in [0.25, 0.3) is 0 Å². The van der Waals surface area contributed by atoms with Crippen LogP contribution < -0.4 is 0 Å². The molecule has 1 rings (SSSR count). The molecule has 0 radical (unpaired) electrons. The molecule has 0 heterocycles. The fraction of sp³-hybridized carbons (Fsp3) is 0.833. The van der Waals surface area contributed by atoms with Crippen molar-refractivity contribution in [1.82, 2.24) is 0 Å². The number of hydrogen-bond acceptors (Lipinski definition) is 3. The Bertz CT molecular complexity index is 236. The van der Waals surface area contributed by atoms with Crippen molar-refractivity contribution in [2.45, 2.75) is 51.2 Å². The van der Waals surface area contributed by atoms with Gasteiger partial charge in [-0.2, -0.15) is 0 Å². The Kier molecular flexibility index (Phi) is 3.99. The third-order valence-corrected chi connectivity index (χ3v) is 4.66. The molecule has 1 aliphatic rings. The molecule has 0 aliphatic heterocycles. The molecule has 0 atom stereocenters. The van der Waals surface area contributed by atoms with Gasteiger partial charge in [-0.1, -0.05) is 26.8 Å². The second-order valence-corrected chi connectivity index (χ2v) is 6.72. The third-order valence-electron chi connectivity index (χ3n) is 3.65. The van der Waals surface area contributed by atoms with Gasteiger partial charge in [0.2, 0.25) is 0 Å². The smallest absolute Gasteiger partial charge is 0.0589 e. The first kappa shape index (κ1) is 12.8. The highest BCUT2D eigenvalue weighted by Gasteiger charge is 2.38. The number of rotatable bonds is 3. The van der Waals surface area contributed by atoms with E-state index in [0.717, 1.165) is 30.7 Å². The van der Waals surface area contributed by atoms with Crippen LogP contribution in [-0.4, -0.2) is 4.75 Å². The first-order chi connectivity index (χ1) is 6.93. The normalized spacial score (nSPS) is 32.3. The summed E-state index contributed by atoms with van der Waals surface area (Å²) < 4.78 is 2.91. The average Bonchev–Trinajstić information content (AvgIpc) is 2.17. The lowest BCUT2D eigenvalue weighted by Crippen LogP contribution is -2.33. The average molecular weight is 227 g/mol. The Morgan fingerprint density at radius 2 is 1.93 bits per heavy atom. The summed E-state index contributed by atoms with van der Waals surface area (Å²) in [4.78, 5) is 10.4. The lowest BCUT2D eigenvalue weighted by atomic mass is 9.69. The largest absolute Gasteiger partial charge is 0.137 e. The molecule has 3 heteroatoms. The summed E-state index contributed by atoms with van der Waals surface area (Å²) in [6, 6.07) is 0.